The molecule has 86 valence electrons. The molecule has 0 unspecified atom stereocenters. The number of rotatable bonds is 4. The predicted octanol–water partition coefficient (Wildman–Crippen LogP) is 3.10. The van der Waals surface area contributed by atoms with E-state index in [4.69, 9.17) is 5.26 Å². The van der Waals surface area contributed by atoms with Crippen LogP contribution in [0.2, 0.25) is 0 Å². The van der Waals surface area contributed by atoms with Crippen molar-refractivity contribution in [3.63, 3.8) is 0 Å². The number of nitrogens with one attached hydrogen (secondary N) is 1. The van der Waals surface area contributed by atoms with Crippen LogP contribution in [0.1, 0.15) is 24.6 Å². The molecule has 0 spiro atoms. The van der Waals surface area contributed by atoms with Crippen molar-refractivity contribution in [1.29, 1.82) is 5.26 Å². The van der Waals surface area contributed by atoms with Gasteiger partial charge in [-0.3, -0.25) is 5.10 Å². The number of H-pyrrole nitrogens is 1. The summed E-state index contributed by atoms with van der Waals surface area (Å²) in [5.41, 5.74) is 4.20. The van der Waals surface area contributed by atoms with Gasteiger partial charge in [0.15, 0.2) is 0 Å². The van der Waals surface area contributed by atoms with Gasteiger partial charge < -0.3 is 0 Å². The Bertz CT molecular complexity index is 517. The van der Waals surface area contributed by atoms with Crippen LogP contribution in [0.3, 0.4) is 0 Å². The van der Waals surface area contributed by atoms with Crippen LogP contribution in [0.15, 0.2) is 30.3 Å². The third-order valence-corrected chi connectivity index (χ3v) is 2.69. The molecular weight excluding hydrogens is 210 g/mol. The molecule has 0 radical (unpaired) electrons. The third-order valence-electron chi connectivity index (χ3n) is 2.69. The van der Waals surface area contributed by atoms with Gasteiger partial charge in [-0.05, 0) is 18.1 Å². The lowest BCUT2D eigenvalue weighted by Crippen LogP contribution is -1.83. The molecule has 1 heterocycles. The zero-order valence-electron chi connectivity index (χ0n) is 9.90. The van der Waals surface area contributed by atoms with Crippen molar-refractivity contribution in [3.05, 3.63) is 41.6 Å². The summed E-state index contributed by atoms with van der Waals surface area (Å²) in [5, 5.41) is 15.7. The smallest absolute Gasteiger partial charge is 0.0923 e. The number of aryl methyl sites for hydroxylation is 1. The summed E-state index contributed by atoms with van der Waals surface area (Å²) in [4.78, 5) is 0. The van der Waals surface area contributed by atoms with E-state index in [2.05, 4.69) is 47.5 Å². The topological polar surface area (TPSA) is 52.5 Å². The minimum Gasteiger partial charge on any atom is -0.281 e. The van der Waals surface area contributed by atoms with Crippen LogP contribution in [-0.2, 0) is 12.8 Å². The highest BCUT2D eigenvalue weighted by Gasteiger charge is 2.03. The fraction of sp³-hybridized carbons (Fsp3) is 0.286. The first-order chi connectivity index (χ1) is 8.33. The first-order valence-corrected chi connectivity index (χ1v) is 5.84. The highest BCUT2D eigenvalue weighted by molar-refractivity contribution is 5.59. The zero-order valence-corrected chi connectivity index (χ0v) is 9.90. The van der Waals surface area contributed by atoms with Gasteiger partial charge in [0.1, 0.15) is 0 Å². The Balaban J connectivity index is 2.18. The van der Waals surface area contributed by atoms with Gasteiger partial charge in [0.05, 0.1) is 18.2 Å². The molecule has 3 nitrogen and oxygen atoms in total. The Kier molecular flexibility index (Phi) is 3.56. The highest BCUT2D eigenvalue weighted by atomic mass is 15.1. The number of aromatic amines is 1. The SMILES string of the molecule is CCCc1ccc(-c2cc(CC#N)[nH]n2)cc1. The lowest BCUT2D eigenvalue weighted by Gasteiger charge is -2.00. The largest absolute Gasteiger partial charge is 0.281 e. The molecule has 0 aliphatic heterocycles. The Hall–Kier alpha value is -2.08. The van der Waals surface area contributed by atoms with E-state index in [-0.39, 0.29) is 0 Å². The minimum absolute atomic E-state index is 0.376. The molecule has 2 aromatic rings. The minimum atomic E-state index is 0.376. The van der Waals surface area contributed by atoms with Gasteiger partial charge in [-0.15, -0.1) is 0 Å². The quantitative estimate of drug-likeness (QED) is 0.869. The van der Waals surface area contributed by atoms with Crippen LogP contribution < -0.4 is 0 Å². The Morgan fingerprint density at radius 3 is 2.71 bits per heavy atom. The van der Waals surface area contributed by atoms with E-state index in [9.17, 15) is 0 Å². The molecule has 3 heteroatoms. The van der Waals surface area contributed by atoms with Crippen molar-refractivity contribution in [3.8, 4) is 17.3 Å². The zero-order chi connectivity index (χ0) is 12.1. The van der Waals surface area contributed by atoms with E-state index in [0.717, 1.165) is 29.8 Å². The van der Waals surface area contributed by atoms with Crippen molar-refractivity contribution in [2.75, 3.05) is 0 Å². The van der Waals surface area contributed by atoms with E-state index in [0.29, 0.717) is 6.42 Å². The monoisotopic (exact) mass is 225 g/mol. The summed E-state index contributed by atoms with van der Waals surface area (Å²) >= 11 is 0. The van der Waals surface area contributed by atoms with Crippen molar-refractivity contribution in [2.24, 2.45) is 0 Å². The van der Waals surface area contributed by atoms with Gasteiger partial charge in [-0.25, -0.2) is 0 Å². The summed E-state index contributed by atoms with van der Waals surface area (Å²) in [6, 6.07) is 12.5. The number of nitriles is 1. The lowest BCUT2D eigenvalue weighted by molar-refractivity contribution is 0.922. The average Bonchev–Trinajstić information content (AvgIpc) is 2.80. The fourth-order valence-electron chi connectivity index (χ4n) is 1.82. The lowest BCUT2D eigenvalue weighted by atomic mass is 10.1. The Morgan fingerprint density at radius 2 is 2.06 bits per heavy atom. The summed E-state index contributed by atoms with van der Waals surface area (Å²) in [5.74, 6) is 0. The van der Waals surface area contributed by atoms with E-state index >= 15 is 0 Å². The van der Waals surface area contributed by atoms with Gasteiger partial charge in [0.25, 0.3) is 0 Å². The first-order valence-electron chi connectivity index (χ1n) is 5.84. The molecule has 1 aromatic carbocycles. The molecule has 1 aromatic heterocycles. The maximum atomic E-state index is 8.60. The van der Waals surface area contributed by atoms with Gasteiger partial charge in [0, 0.05) is 11.3 Å². The molecule has 0 aliphatic rings. The van der Waals surface area contributed by atoms with E-state index in [1.807, 2.05) is 6.07 Å². The molecule has 0 bridgehead atoms. The van der Waals surface area contributed by atoms with E-state index in [1.165, 1.54) is 5.56 Å². The van der Waals surface area contributed by atoms with Crippen molar-refractivity contribution < 1.29 is 0 Å². The first kappa shape index (κ1) is 11.4. The van der Waals surface area contributed by atoms with Gasteiger partial charge >= 0.3 is 0 Å². The predicted molar refractivity (Wildman–Crippen MR) is 67.3 cm³/mol. The molecule has 0 saturated carbocycles. The second-order valence-corrected chi connectivity index (χ2v) is 4.06. The molecule has 17 heavy (non-hydrogen) atoms. The summed E-state index contributed by atoms with van der Waals surface area (Å²) in [7, 11) is 0. The van der Waals surface area contributed by atoms with Gasteiger partial charge in [0.2, 0.25) is 0 Å². The molecule has 2 rings (SSSR count). The Labute approximate surface area is 101 Å². The summed E-state index contributed by atoms with van der Waals surface area (Å²) in [6.07, 6.45) is 2.65. The van der Waals surface area contributed by atoms with Gasteiger partial charge in [-0.1, -0.05) is 37.6 Å². The van der Waals surface area contributed by atoms with E-state index < -0.39 is 0 Å². The third kappa shape index (κ3) is 2.73. The van der Waals surface area contributed by atoms with Crippen LogP contribution in [0.4, 0.5) is 0 Å². The summed E-state index contributed by atoms with van der Waals surface area (Å²) in [6.45, 7) is 2.18. The maximum Gasteiger partial charge on any atom is 0.0923 e. The van der Waals surface area contributed by atoms with Crippen LogP contribution in [0, 0.1) is 11.3 Å². The van der Waals surface area contributed by atoms with Crippen LogP contribution >= 0.6 is 0 Å². The highest BCUT2D eigenvalue weighted by Crippen LogP contribution is 2.18. The van der Waals surface area contributed by atoms with Crippen LogP contribution in [0.25, 0.3) is 11.3 Å². The van der Waals surface area contributed by atoms with E-state index in [1.54, 1.807) is 0 Å². The normalized spacial score (nSPS) is 10.1. The molecular formula is C14H15N3. The maximum absolute atomic E-state index is 8.60. The van der Waals surface area contributed by atoms with Crippen LogP contribution in [-0.4, -0.2) is 10.2 Å². The van der Waals surface area contributed by atoms with Crippen molar-refractivity contribution >= 4 is 0 Å². The second-order valence-electron chi connectivity index (χ2n) is 4.06. The molecule has 0 fully saturated rings. The molecule has 0 atom stereocenters. The van der Waals surface area contributed by atoms with Gasteiger partial charge in [-0.2, -0.15) is 10.4 Å². The molecule has 0 saturated heterocycles. The van der Waals surface area contributed by atoms with Crippen molar-refractivity contribution in [1.82, 2.24) is 10.2 Å². The molecule has 1 N–H and O–H groups in total. The van der Waals surface area contributed by atoms with Crippen molar-refractivity contribution in [2.45, 2.75) is 26.2 Å². The molecule has 0 aliphatic carbocycles. The summed E-state index contributed by atoms with van der Waals surface area (Å²) < 4.78 is 0. The fourth-order valence-corrected chi connectivity index (χ4v) is 1.82. The second kappa shape index (κ2) is 5.31. The molecule has 0 amide bonds. The standard InChI is InChI=1S/C14H15N3/c1-2-3-11-4-6-12(7-5-11)14-10-13(8-9-15)16-17-14/h4-7,10H,2-3,8H2,1H3,(H,16,17). The van der Waals surface area contributed by atoms with Crippen LogP contribution in [0.5, 0.6) is 0 Å². The Morgan fingerprint density at radius 1 is 1.29 bits per heavy atom. The number of hydrogen-bond donors (Lipinski definition) is 1. The number of hydrogen-bond acceptors (Lipinski definition) is 2. The number of aromatic nitrogens is 2. The number of nitrogens with zero attached hydrogens (tertiary/aromatic N) is 2. The average molecular weight is 225 g/mol. The number of benzene rings is 1.